The van der Waals surface area contributed by atoms with E-state index in [-0.39, 0.29) is 49.2 Å². The first-order valence-electron chi connectivity index (χ1n) is 10.7. The Morgan fingerprint density at radius 2 is 1.88 bits per heavy atom. The van der Waals surface area contributed by atoms with Gasteiger partial charge in [-0.2, -0.15) is 4.98 Å². The van der Waals surface area contributed by atoms with Gasteiger partial charge in [0.25, 0.3) is 0 Å². The van der Waals surface area contributed by atoms with Gasteiger partial charge in [-0.1, -0.05) is 11.6 Å². The van der Waals surface area contributed by atoms with E-state index in [2.05, 4.69) is 20.4 Å². The molecule has 180 valence electrons. The van der Waals surface area contributed by atoms with Gasteiger partial charge in [0.05, 0.1) is 12.2 Å². The molecule has 2 aliphatic rings. The Morgan fingerprint density at radius 1 is 1.15 bits per heavy atom. The van der Waals surface area contributed by atoms with Crippen LogP contribution in [0.25, 0.3) is 11.1 Å². The quantitative estimate of drug-likeness (QED) is 0.605. The van der Waals surface area contributed by atoms with E-state index in [9.17, 15) is 22.8 Å². The normalized spacial score (nSPS) is 25.5. The average Bonchev–Trinajstić information content (AvgIpc) is 3.10. The van der Waals surface area contributed by atoms with Crippen LogP contribution in [0.1, 0.15) is 38.5 Å². The highest BCUT2D eigenvalue weighted by Crippen LogP contribution is 2.32. The standard InChI is InChI=1S/C21H23ClF3N3O5/c22-12-3-6-17-16(7-12)27-20(32-17)28-19(30)11-1-4-13(5-2-11)26-18(29)10-31-14-8-15(9-14)33-21(23,24)25/h3,6-7,11,13-15H,1-2,4-5,8-10H2,(H,26,29)(H,27,28,30). The first-order valence-corrected chi connectivity index (χ1v) is 11.0. The van der Waals surface area contributed by atoms with E-state index in [1.165, 1.54) is 0 Å². The maximum Gasteiger partial charge on any atom is 0.522 e. The molecule has 0 saturated heterocycles. The third kappa shape index (κ3) is 6.58. The molecule has 2 aliphatic carbocycles. The van der Waals surface area contributed by atoms with Crippen LogP contribution in [0.4, 0.5) is 19.2 Å². The van der Waals surface area contributed by atoms with Crippen LogP contribution in [0.3, 0.4) is 0 Å². The van der Waals surface area contributed by atoms with Crippen molar-refractivity contribution in [2.75, 3.05) is 11.9 Å². The Hall–Kier alpha value is -2.37. The largest absolute Gasteiger partial charge is 0.522 e. The lowest BCUT2D eigenvalue weighted by atomic mass is 9.85. The van der Waals surface area contributed by atoms with Crippen molar-refractivity contribution in [3.8, 4) is 0 Å². The fourth-order valence-electron chi connectivity index (χ4n) is 4.06. The lowest BCUT2D eigenvalue weighted by Gasteiger charge is -2.35. The van der Waals surface area contributed by atoms with E-state index in [1.54, 1.807) is 18.2 Å². The number of nitrogens with one attached hydrogen (secondary N) is 2. The molecule has 2 aromatic rings. The summed E-state index contributed by atoms with van der Waals surface area (Å²) in [5, 5.41) is 6.07. The summed E-state index contributed by atoms with van der Waals surface area (Å²) >= 11 is 5.93. The van der Waals surface area contributed by atoms with Crippen molar-refractivity contribution in [3.05, 3.63) is 23.2 Å². The van der Waals surface area contributed by atoms with Gasteiger partial charge in [-0.3, -0.25) is 19.6 Å². The van der Waals surface area contributed by atoms with Gasteiger partial charge in [0, 0.05) is 29.8 Å². The van der Waals surface area contributed by atoms with Crippen molar-refractivity contribution in [2.45, 2.75) is 63.1 Å². The summed E-state index contributed by atoms with van der Waals surface area (Å²) in [6.07, 6.45) is -3.33. The molecular weight excluding hydrogens is 467 g/mol. The van der Waals surface area contributed by atoms with Crippen molar-refractivity contribution in [1.82, 2.24) is 10.3 Å². The number of benzene rings is 1. The van der Waals surface area contributed by atoms with E-state index in [0.29, 0.717) is 41.8 Å². The molecule has 0 unspecified atom stereocenters. The molecule has 1 aromatic heterocycles. The number of aromatic nitrogens is 1. The first kappa shape index (κ1) is 23.8. The number of nitrogens with zero attached hydrogens (tertiary/aromatic N) is 1. The Morgan fingerprint density at radius 3 is 2.58 bits per heavy atom. The highest BCUT2D eigenvalue weighted by atomic mass is 35.5. The summed E-state index contributed by atoms with van der Waals surface area (Å²) in [5.41, 5.74) is 1.07. The van der Waals surface area contributed by atoms with E-state index < -0.39 is 18.6 Å². The highest BCUT2D eigenvalue weighted by Gasteiger charge is 2.40. The molecule has 1 aromatic carbocycles. The summed E-state index contributed by atoms with van der Waals surface area (Å²) < 4.78 is 51.1. The smallest absolute Gasteiger partial charge is 0.423 e. The van der Waals surface area contributed by atoms with Gasteiger partial charge in [-0.05, 0) is 43.9 Å². The zero-order valence-electron chi connectivity index (χ0n) is 17.5. The topological polar surface area (TPSA) is 103 Å². The molecule has 4 rings (SSSR count). The molecule has 2 N–H and O–H groups in total. The summed E-state index contributed by atoms with van der Waals surface area (Å²) in [5.74, 6) is -0.747. The van der Waals surface area contributed by atoms with Crippen LogP contribution in [-0.2, 0) is 19.1 Å². The zero-order chi connectivity index (χ0) is 23.6. The molecule has 2 saturated carbocycles. The van der Waals surface area contributed by atoms with Crippen molar-refractivity contribution < 1.29 is 36.7 Å². The Kier molecular flexibility index (Phi) is 7.10. The second-order valence-electron chi connectivity index (χ2n) is 8.33. The lowest BCUT2D eigenvalue weighted by Crippen LogP contribution is -2.44. The number of carbonyl (C=O) groups is 2. The second-order valence-corrected chi connectivity index (χ2v) is 8.76. The predicted octanol–water partition coefficient (Wildman–Crippen LogP) is 4.18. The van der Waals surface area contributed by atoms with Crippen molar-refractivity contribution in [3.63, 3.8) is 0 Å². The number of alkyl halides is 3. The summed E-state index contributed by atoms with van der Waals surface area (Å²) in [6.45, 7) is -0.217. The maximum atomic E-state index is 12.5. The van der Waals surface area contributed by atoms with Crippen LogP contribution >= 0.6 is 11.6 Å². The maximum absolute atomic E-state index is 12.5. The van der Waals surface area contributed by atoms with Crippen molar-refractivity contribution in [2.24, 2.45) is 5.92 Å². The first-order chi connectivity index (χ1) is 15.6. The number of carbonyl (C=O) groups excluding carboxylic acids is 2. The van der Waals surface area contributed by atoms with Crippen LogP contribution in [0.5, 0.6) is 0 Å². The number of hydrogen-bond acceptors (Lipinski definition) is 6. The van der Waals surface area contributed by atoms with Gasteiger partial charge in [-0.25, -0.2) is 0 Å². The average molecular weight is 490 g/mol. The van der Waals surface area contributed by atoms with Crippen LogP contribution < -0.4 is 10.6 Å². The Labute approximate surface area is 192 Å². The molecule has 33 heavy (non-hydrogen) atoms. The third-order valence-corrected chi connectivity index (χ3v) is 6.08. The van der Waals surface area contributed by atoms with Gasteiger partial charge in [0.15, 0.2) is 5.58 Å². The van der Waals surface area contributed by atoms with Gasteiger partial charge < -0.3 is 14.5 Å². The number of anilines is 1. The van der Waals surface area contributed by atoms with E-state index in [1.807, 2.05) is 0 Å². The molecular formula is C21H23ClF3N3O5. The Bertz CT molecular complexity index is 1000. The number of ether oxygens (including phenoxy) is 2. The van der Waals surface area contributed by atoms with Crippen molar-refractivity contribution >= 4 is 40.5 Å². The molecule has 0 spiro atoms. The molecule has 0 bridgehead atoms. The number of rotatable bonds is 7. The number of fused-ring (bicyclic) bond motifs is 1. The van der Waals surface area contributed by atoms with Crippen LogP contribution in [0.2, 0.25) is 5.02 Å². The molecule has 2 amide bonds. The van der Waals surface area contributed by atoms with Crippen LogP contribution in [0.15, 0.2) is 22.6 Å². The fraction of sp³-hybridized carbons (Fsp3) is 0.571. The molecule has 1 heterocycles. The number of halogens is 4. The molecule has 12 heteroatoms. The van der Waals surface area contributed by atoms with Gasteiger partial charge >= 0.3 is 12.4 Å². The fourth-order valence-corrected chi connectivity index (χ4v) is 4.23. The molecule has 0 atom stereocenters. The minimum Gasteiger partial charge on any atom is -0.423 e. The number of oxazole rings is 1. The summed E-state index contributed by atoms with van der Waals surface area (Å²) in [4.78, 5) is 28.8. The van der Waals surface area contributed by atoms with Crippen LogP contribution in [0, 0.1) is 5.92 Å². The molecule has 2 fully saturated rings. The zero-order valence-corrected chi connectivity index (χ0v) is 18.2. The van der Waals surface area contributed by atoms with Gasteiger partial charge in [-0.15, -0.1) is 13.2 Å². The van der Waals surface area contributed by atoms with Crippen molar-refractivity contribution in [1.29, 1.82) is 0 Å². The third-order valence-electron chi connectivity index (χ3n) is 5.84. The van der Waals surface area contributed by atoms with Crippen LogP contribution in [-0.4, -0.2) is 48.0 Å². The number of hydrogen-bond donors (Lipinski definition) is 2. The molecule has 0 aliphatic heterocycles. The number of amides is 2. The SMILES string of the molecule is O=C(COC1CC(OC(F)(F)F)C1)NC1CCC(C(=O)Nc2nc3cc(Cl)ccc3o2)CC1. The minimum atomic E-state index is -4.65. The summed E-state index contributed by atoms with van der Waals surface area (Å²) in [6, 6.07) is 5.03. The van der Waals surface area contributed by atoms with E-state index in [0.717, 1.165) is 0 Å². The van der Waals surface area contributed by atoms with E-state index >= 15 is 0 Å². The monoisotopic (exact) mass is 489 g/mol. The Balaban J connectivity index is 1.14. The second kappa shape index (κ2) is 9.86. The lowest BCUT2D eigenvalue weighted by molar-refractivity contribution is -0.357. The molecule has 8 nitrogen and oxygen atoms in total. The molecule has 0 radical (unpaired) electrons. The highest BCUT2D eigenvalue weighted by molar-refractivity contribution is 6.31. The minimum absolute atomic E-state index is 0.0840. The predicted molar refractivity (Wildman–Crippen MR) is 111 cm³/mol. The van der Waals surface area contributed by atoms with E-state index in [4.69, 9.17) is 20.8 Å². The van der Waals surface area contributed by atoms with Gasteiger partial charge in [0.1, 0.15) is 12.1 Å². The van der Waals surface area contributed by atoms with Gasteiger partial charge in [0.2, 0.25) is 11.8 Å². The summed E-state index contributed by atoms with van der Waals surface area (Å²) in [7, 11) is 0.